The Bertz CT molecular complexity index is 662. The first-order valence-electron chi connectivity index (χ1n) is 8.79. The lowest BCUT2D eigenvalue weighted by molar-refractivity contribution is 0.119. The van der Waals surface area contributed by atoms with Crippen molar-refractivity contribution >= 4 is 0 Å². The molecule has 2 aromatic heterocycles. The second kappa shape index (κ2) is 7.81. The lowest BCUT2D eigenvalue weighted by atomic mass is 10.2. The third-order valence-corrected chi connectivity index (χ3v) is 4.59. The third kappa shape index (κ3) is 4.36. The van der Waals surface area contributed by atoms with Crippen LogP contribution >= 0.6 is 0 Å². The number of piperazine rings is 1. The van der Waals surface area contributed by atoms with E-state index in [2.05, 4.69) is 51.6 Å². The Balaban J connectivity index is 1.52. The van der Waals surface area contributed by atoms with E-state index in [0.717, 1.165) is 50.8 Å². The van der Waals surface area contributed by atoms with E-state index in [-0.39, 0.29) is 0 Å². The smallest absolute Gasteiger partial charge is 0.131 e. The van der Waals surface area contributed by atoms with Crippen molar-refractivity contribution in [1.29, 1.82) is 0 Å². The molecule has 128 valence electrons. The van der Waals surface area contributed by atoms with Gasteiger partial charge in [0.2, 0.25) is 0 Å². The van der Waals surface area contributed by atoms with E-state index in [9.17, 15) is 0 Å². The van der Waals surface area contributed by atoms with Crippen molar-refractivity contribution < 1.29 is 0 Å². The minimum absolute atomic E-state index is 0.378. The van der Waals surface area contributed by atoms with Crippen molar-refractivity contribution in [3.63, 3.8) is 0 Å². The lowest BCUT2D eigenvalue weighted by Crippen LogP contribution is -2.45. The van der Waals surface area contributed by atoms with Gasteiger partial charge in [-0.2, -0.15) is 0 Å². The molecule has 0 aromatic carbocycles. The van der Waals surface area contributed by atoms with Gasteiger partial charge < -0.3 is 0 Å². The van der Waals surface area contributed by atoms with Gasteiger partial charge in [-0.3, -0.25) is 14.8 Å². The van der Waals surface area contributed by atoms with Crippen molar-refractivity contribution in [2.75, 3.05) is 26.2 Å². The Kier molecular flexibility index (Phi) is 5.53. The first kappa shape index (κ1) is 17.0. The molecular weight excluding hydrogens is 298 g/mol. The molecule has 24 heavy (non-hydrogen) atoms. The zero-order chi connectivity index (χ0) is 16.9. The standard InChI is InChI=1S/C19H27N5/c1-15(2)19-21-8-6-17(22-19)13-23-9-11-24(12-10-23)14-18-16(3)5-4-7-20-18/h4-8,15H,9-14H2,1-3H3. The molecule has 1 aliphatic heterocycles. The molecule has 5 heteroatoms. The van der Waals surface area contributed by atoms with E-state index >= 15 is 0 Å². The Morgan fingerprint density at radius 3 is 2.33 bits per heavy atom. The maximum Gasteiger partial charge on any atom is 0.131 e. The van der Waals surface area contributed by atoms with Crippen LogP contribution in [0.2, 0.25) is 0 Å². The zero-order valence-electron chi connectivity index (χ0n) is 14.9. The highest BCUT2D eigenvalue weighted by atomic mass is 15.3. The SMILES string of the molecule is Cc1cccnc1CN1CCN(Cc2ccnc(C(C)C)n2)CC1. The van der Waals surface area contributed by atoms with Crippen LogP contribution in [0, 0.1) is 6.92 Å². The molecular formula is C19H27N5. The van der Waals surface area contributed by atoms with Crippen LogP contribution < -0.4 is 0 Å². The minimum Gasteiger partial charge on any atom is -0.295 e. The van der Waals surface area contributed by atoms with Gasteiger partial charge in [-0.05, 0) is 24.6 Å². The van der Waals surface area contributed by atoms with Crippen LogP contribution in [0.3, 0.4) is 0 Å². The highest BCUT2D eigenvalue weighted by Crippen LogP contribution is 2.13. The molecule has 0 saturated carbocycles. The number of pyridine rings is 1. The fourth-order valence-corrected chi connectivity index (χ4v) is 3.01. The van der Waals surface area contributed by atoms with Crippen LogP contribution in [0.4, 0.5) is 0 Å². The average Bonchev–Trinajstić information content (AvgIpc) is 2.59. The summed E-state index contributed by atoms with van der Waals surface area (Å²) in [6, 6.07) is 6.18. The van der Waals surface area contributed by atoms with E-state index in [1.54, 1.807) is 0 Å². The molecule has 0 spiro atoms. The Morgan fingerprint density at radius 2 is 1.67 bits per heavy atom. The topological polar surface area (TPSA) is 45.2 Å². The number of aryl methyl sites for hydroxylation is 1. The molecule has 1 saturated heterocycles. The summed E-state index contributed by atoms with van der Waals surface area (Å²) in [4.78, 5) is 18.5. The van der Waals surface area contributed by atoms with Gasteiger partial charge in [-0.15, -0.1) is 0 Å². The highest BCUT2D eigenvalue weighted by molar-refractivity contribution is 5.17. The van der Waals surface area contributed by atoms with E-state index in [1.807, 2.05) is 24.5 Å². The normalized spacial score (nSPS) is 16.7. The monoisotopic (exact) mass is 325 g/mol. The van der Waals surface area contributed by atoms with E-state index < -0.39 is 0 Å². The molecule has 0 unspecified atom stereocenters. The van der Waals surface area contributed by atoms with Gasteiger partial charge in [0.1, 0.15) is 5.82 Å². The summed E-state index contributed by atoms with van der Waals surface area (Å²) < 4.78 is 0. The molecule has 0 bridgehead atoms. The van der Waals surface area contributed by atoms with Crippen molar-refractivity contribution in [2.24, 2.45) is 0 Å². The van der Waals surface area contributed by atoms with Crippen LogP contribution in [0.1, 0.15) is 42.5 Å². The zero-order valence-corrected chi connectivity index (χ0v) is 14.9. The third-order valence-electron chi connectivity index (χ3n) is 4.59. The van der Waals surface area contributed by atoms with Gasteiger partial charge in [0.05, 0.1) is 11.4 Å². The summed E-state index contributed by atoms with van der Waals surface area (Å²) in [5.74, 6) is 1.32. The summed E-state index contributed by atoms with van der Waals surface area (Å²) in [7, 11) is 0. The summed E-state index contributed by atoms with van der Waals surface area (Å²) in [6.07, 6.45) is 3.78. The first-order chi connectivity index (χ1) is 11.6. The Labute approximate surface area is 144 Å². The summed E-state index contributed by atoms with van der Waals surface area (Å²) in [6.45, 7) is 12.6. The number of rotatable bonds is 5. The molecule has 0 atom stereocenters. The number of hydrogen-bond donors (Lipinski definition) is 0. The predicted molar refractivity (Wildman–Crippen MR) is 95.6 cm³/mol. The average molecular weight is 325 g/mol. The molecule has 3 rings (SSSR count). The highest BCUT2D eigenvalue weighted by Gasteiger charge is 2.18. The molecule has 2 aromatic rings. The van der Waals surface area contributed by atoms with Gasteiger partial charge in [0.15, 0.2) is 0 Å². The van der Waals surface area contributed by atoms with Crippen molar-refractivity contribution in [3.8, 4) is 0 Å². The second-order valence-corrected chi connectivity index (χ2v) is 6.88. The van der Waals surface area contributed by atoms with Gasteiger partial charge >= 0.3 is 0 Å². The molecule has 3 heterocycles. The van der Waals surface area contributed by atoms with E-state index in [1.165, 1.54) is 11.3 Å². The summed E-state index contributed by atoms with van der Waals surface area (Å²) in [5, 5.41) is 0. The van der Waals surface area contributed by atoms with Crippen molar-refractivity contribution in [3.05, 3.63) is 53.4 Å². The Morgan fingerprint density at radius 1 is 0.958 bits per heavy atom. The maximum atomic E-state index is 4.69. The van der Waals surface area contributed by atoms with Gasteiger partial charge in [-0.1, -0.05) is 19.9 Å². The van der Waals surface area contributed by atoms with Crippen LogP contribution in [0.25, 0.3) is 0 Å². The molecule has 0 aliphatic carbocycles. The largest absolute Gasteiger partial charge is 0.295 e. The predicted octanol–water partition coefficient (Wildman–Crippen LogP) is 2.62. The van der Waals surface area contributed by atoms with E-state index in [0.29, 0.717) is 5.92 Å². The second-order valence-electron chi connectivity index (χ2n) is 6.88. The molecule has 0 radical (unpaired) electrons. The van der Waals surface area contributed by atoms with Crippen LogP contribution in [0.15, 0.2) is 30.6 Å². The first-order valence-corrected chi connectivity index (χ1v) is 8.79. The molecule has 1 aliphatic rings. The van der Waals surface area contributed by atoms with Crippen LogP contribution in [0.5, 0.6) is 0 Å². The number of nitrogens with zero attached hydrogens (tertiary/aromatic N) is 5. The van der Waals surface area contributed by atoms with Crippen molar-refractivity contribution in [2.45, 2.75) is 39.8 Å². The van der Waals surface area contributed by atoms with Gasteiger partial charge in [-0.25, -0.2) is 9.97 Å². The minimum atomic E-state index is 0.378. The Hall–Kier alpha value is -1.85. The maximum absolute atomic E-state index is 4.69. The summed E-state index contributed by atoms with van der Waals surface area (Å²) in [5.41, 5.74) is 3.60. The molecule has 0 N–H and O–H groups in total. The quantitative estimate of drug-likeness (QED) is 0.845. The number of hydrogen-bond acceptors (Lipinski definition) is 5. The molecule has 1 fully saturated rings. The van der Waals surface area contributed by atoms with E-state index in [4.69, 9.17) is 0 Å². The van der Waals surface area contributed by atoms with Gasteiger partial charge in [0.25, 0.3) is 0 Å². The lowest BCUT2D eigenvalue weighted by Gasteiger charge is -2.34. The van der Waals surface area contributed by atoms with Crippen LogP contribution in [-0.2, 0) is 13.1 Å². The number of aromatic nitrogens is 3. The van der Waals surface area contributed by atoms with Gasteiger partial charge in [0, 0.05) is 57.6 Å². The summed E-state index contributed by atoms with van der Waals surface area (Å²) >= 11 is 0. The molecule has 5 nitrogen and oxygen atoms in total. The van der Waals surface area contributed by atoms with Crippen molar-refractivity contribution in [1.82, 2.24) is 24.8 Å². The fourth-order valence-electron chi connectivity index (χ4n) is 3.01. The molecule has 0 amide bonds. The fraction of sp³-hybridized carbons (Fsp3) is 0.526. The van der Waals surface area contributed by atoms with Crippen LogP contribution in [-0.4, -0.2) is 50.9 Å².